The van der Waals surface area contributed by atoms with Gasteiger partial charge in [-0.1, -0.05) is 36.4 Å². The highest BCUT2D eigenvalue weighted by atomic mass is 16.7. The monoisotopic (exact) mass is 370 g/mol. The molecular formula is C23H23BN2O2. The molecule has 1 aliphatic heterocycles. The zero-order chi connectivity index (χ0) is 19.5. The molecule has 1 fully saturated rings. The molecule has 0 unspecified atom stereocenters. The molecule has 0 atom stereocenters. The van der Waals surface area contributed by atoms with E-state index in [1.54, 1.807) is 0 Å². The van der Waals surface area contributed by atoms with Crippen LogP contribution in [0, 0.1) is 0 Å². The maximum Gasteiger partial charge on any atom is 0.496 e. The first kappa shape index (κ1) is 17.5. The maximum atomic E-state index is 6.36. The predicted octanol–water partition coefficient (Wildman–Crippen LogP) is 4.48. The molecule has 2 aromatic heterocycles. The van der Waals surface area contributed by atoms with Gasteiger partial charge < -0.3 is 9.31 Å². The van der Waals surface area contributed by atoms with Crippen LogP contribution in [0.4, 0.5) is 0 Å². The third kappa shape index (κ3) is 2.43. The van der Waals surface area contributed by atoms with Crippen molar-refractivity contribution >= 4 is 34.5 Å². The van der Waals surface area contributed by atoms with Crippen LogP contribution in [-0.2, 0) is 9.31 Å². The van der Waals surface area contributed by atoms with Gasteiger partial charge in [0.15, 0.2) is 0 Å². The van der Waals surface area contributed by atoms with E-state index in [9.17, 15) is 0 Å². The largest absolute Gasteiger partial charge is 0.496 e. The molecule has 0 bridgehead atoms. The summed E-state index contributed by atoms with van der Waals surface area (Å²) in [6.07, 6.45) is 1.84. The molecule has 4 aromatic rings. The third-order valence-electron chi connectivity index (χ3n) is 6.12. The summed E-state index contributed by atoms with van der Waals surface area (Å²) in [7, 11) is -0.430. The molecule has 0 saturated carbocycles. The molecule has 0 N–H and O–H groups in total. The van der Waals surface area contributed by atoms with Crippen LogP contribution in [0.1, 0.15) is 27.7 Å². The molecular weight excluding hydrogens is 347 g/mol. The molecule has 3 heterocycles. The van der Waals surface area contributed by atoms with Gasteiger partial charge in [-0.3, -0.25) is 4.57 Å². The Morgan fingerprint density at radius 2 is 1.43 bits per heavy atom. The maximum absolute atomic E-state index is 6.36. The fourth-order valence-electron chi connectivity index (χ4n) is 3.90. The average Bonchev–Trinajstić information content (AvgIpc) is 3.12. The molecule has 1 saturated heterocycles. The minimum absolute atomic E-state index is 0.385. The van der Waals surface area contributed by atoms with Crippen molar-refractivity contribution in [3.8, 4) is 5.69 Å². The van der Waals surface area contributed by atoms with Gasteiger partial charge >= 0.3 is 7.12 Å². The van der Waals surface area contributed by atoms with Gasteiger partial charge in [-0.15, -0.1) is 0 Å². The number of rotatable bonds is 2. The van der Waals surface area contributed by atoms with E-state index in [1.807, 2.05) is 24.4 Å². The van der Waals surface area contributed by atoms with Gasteiger partial charge in [0.05, 0.1) is 16.7 Å². The Labute approximate surface area is 165 Å². The second-order valence-corrected chi connectivity index (χ2v) is 8.37. The normalized spacial score (nSPS) is 18.2. The number of hydrogen-bond donors (Lipinski definition) is 0. The Balaban J connectivity index is 1.77. The summed E-state index contributed by atoms with van der Waals surface area (Å²) >= 11 is 0. The van der Waals surface area contributed by atoms with Crippen molar-refractivity contribution in [2.75, 3.05) is 0 Å². The van der Waals surface area contributed by atoms with Crippen molar-refractivity contribution < 1.29 is 9.31 Å². The summed E-state index contributed by atoms with van der Waals surface area (Å²) in [5.74, 6) is 0. The first-order valence-corrected chi connectivity index (χ1v) is 9.68. The van der Waals surface area contributed by atoms with Gasteiger partial charge in [-0.25, -0.2) is 4.98 Å². The molecule has 140 valence electrons. The van der Waals surface area contributed by atoms with E-state index in [1.165, 1.54) is 5.39 Å². The van der Waals surface area contributed by atoms with E-state index < -0.39 is 7.12 Å². The van der Waals surface area contributed by atoms with Crippen LogP contribution in [0.15, 0.2) is 66.9 Å². The predicted molar refractivity (Wildman–Crippen MR) is 114 cm³/mol. The average molecular weight is 370 g/mol. The lowest BCUT2D eigenvalue weighted by atomic mass is 9.77. The smallest absolute Gasteiger partial charge is 0.399 e. The van der Waals surface area contributed by atoms with Gasteiger partial charge in [0.25, 0.3) is 0 Å². The Bertz CT molecular complexity index is 1130. The summed E-state index contributed by atoms with van der Waals surface area (Å²) in [6, 6.07) is 20.8. The van der Waals surface area contributed by atoms with Gasteiger partial charge in [-0.2, -0.15) is 0 Å². The van der Waals surface area contributed by atoms with Crippen LogP contribution in [0.25, 0.3) is 27.6 Å². The van der Waals surface area contributed by atoms with Crippen molar-refractivity contribution in [2.24, 2.45) is 0 Å². The van der Waals surface area contributed by atoms with Crippen LogP contribution < -0.4 is 5.46 Å². The van der Waals surface area contributed by atoms with E-state index in [-0.39, 0.29) is 11.2 Å². The fourth-order valence-corrected chi connectivity index (χ4v) is 3.90. The summed E-state index contributed by atoms with van der Waals surface area (Å²) in [4.78, 5) is 4.70. The summed E-state index contributed by atoms with van der Waals surface area (Å²) in [6.45, 7) is 8.32. The Hall–Kier alpha value is -2.63. The van der Waals surface area contributed by atoms with Gasteiger partial charge in [-0.05, 0) is 52.0 Å². The van der Waals surface area contributed by atoms with E-state index in [0.717, 1.165) is 27.7 Å². The summed E-state index contributed by atoms with van der Waals surface area (Å²) < 4.78 is 14.9. The summed E-state index contributed by atoms with van der Waals surface area (Å²) in [5, 5.41) is 2.33. The van der Waals surface area contributed by atoms with E-state index in [0.29, 0.717) is 0 Å². The van der Waals surface area contributed by atoms with Crippen LogP contribution in [0.5, 0.6) is 0 Å². The molecule has 0 spiro atoms. The number of fused-ring (bicyclic) bond motifs is 3. The number of pyridine rings is 1. The number of benzene rings is 2. The number of hydrogen-bond acceptors (Lipinski definition) is 3. The van der Waals surface area contributed by atoms with Crippen LogP contribution in [0.3, 0.4) is 0 Å². The first-order valence-electron chi connectivity index (χ1n) is 9.68. The lowest BCUT2D eigenvalue weighted by Crippen LogP contribution is -2.41. The highest BCUT2D eigenvalue weighted by Gasteiger charge is 2.52. The van der Waals surface area contributed by atoms with Crippen LogP contribution in [-0.4, -0.2) is 27.9 Å². The first-order chi connectivity index (χ1) is 13.4. The zero-order valence-electron chi connectivity index (χ0n) is 16.6. The van der Waals surface area contributed by atoms with Crippen molar-refractivity contribution in [2.45, 2.75) is 38.9 Å². The topological polar surface area (TPSA) is 36.3 Å². The fraction of sp³-hybridized carbons (Fsp3) is 0.261. The second kappa shape index (κ2) is 5.93. The van der Waals surface area contributed by atoms with Crippen molar-refractivity contribution in [1.29, 1.82) is 0 Å². The van der Waals surface area contributed by atoms with Crippen molar-refractivity contribution in [3.63, 3.8) is 0 Å². The third-order valence-corrected chi connectivity index (χ3v) is 6.12. The molecule has 0 radical (unpaired) electrons. The summed E-state index contributed by atoms with van der Waals surface area (Å²) in [5.41, 5.74) is 3.33. The van der Waals surface area contributed by atoms with Gasteiger partial charge in [0.1, 0.15) is 5.65 Å². The number of aromatic nitrogens is 2. The quantitative estimate of drug-likeness (QED) is 0.488. The molecule has 5 rings (SSSR count). The Kier molecular flexibility index (Phi) is 3.70. The van der Waals surface area contributed by atoms with E-state index in [2.05, 4.69) is 74.7 Å². The molecule has 28 heavy (non-hydrogen) atoms. The highest BCUT2D eigenvalue weighted by molar-refractivity contribution is 6.63. The van der Waals surface area contributed by atoms with Crippen LogP contribution in [0.2, 0.25) is 0 Å². The molecule has 4 nitrogen and oxygen atoms in total. The SMILES string of the molecule is CC1(C)OB(c2ccccc2-n2c3ccccc3c3cccnc32)OC1(C)C. The molecule has 2 aromatic carbocycles. The van der Waals surface area contributed by atoms with E-state index >= 15 is 0 Å². The molecule has 0 aliphatic carbocycles. The zero-order valence-corrected chi connectivity index (χ0v) is 16.6. The number of para-hydroxylation sites is 2. The second-order valence-electron chi connectivity index (χ2n) is 8.37. The van der Waals surface area contributed by atoms with Gasteiger partial charge in [0, 0.05) is 28.1 Å². The Morgan fingerprint density at radius 3 is 2.21 bits per heavy atom. The minimum Gasteiger partial charge on any atom is -0.399 e. The van der Waals surface area contributed by atoms with E-state index in [4.69, 9.17) is 14.3 Å². The van der Waals surface area contributed by atoms with Crippen molar-refractivity contribution in [1.82, 2.24) is 9.55 Å². The molecule has 1 aliphatic rings. The molecule has 0 amide bonds. The lowest BCUT2D eigenvalue weighted by Gasteiger charge is -2.32. The van der Waals surface area contributed by atoms with Crippen molar-refractivity contribution in [3.05, 3.63) is 66.9 Å². The minimum atomic E-state index is -0.430. The Morgan fingerprint density at radius 1 is 0.786 bits per heavy atom. The highest BCUT2D eigenvalue weighted by Crippen LogP contribution is 2.37. The standard InChI is InChI=1S/C23H23BN2O2/c1-22(2)23(3,4)28-24(27-22)18-12-6-8-14-20(18)26-19-13-7-5-10-16(19)17-11-9-15-25-21(17)26/h5-15H,1-4H3. The van der Waals surface area contributed by atoms with Crippen LogP contribution >= 0.6 is 0 Å². The number of nitrogens with zero attached hydrogens (tertiary/aromatic N) is 2. The molecule has 5 heteroatoms. The lowest BCUT2D eigenvalue weighted by molar-refractivity contribution is 0.00578. The van der Waals surface area contributed by atoms with Gasteiger partial charge in [0.2, 0.25) is 0 Å².